The van der Waals surface area contributed by atoms with Crippen LogP contribution in [0.1, 0.15) is 32.6 Å². The van der Waals surface area contributed by atoms with E-state index in [0.29, 0.717) is 19.8 Å². The minimum Gasteiger partial charge on any atom is -0.435 e. The van der Waals surface area contributed by atoms with Gasteiger partial charge in [-0.1, -0.05) is 0 Å². The summed E-state index contributed by atoms with van der Waals surface area (Å²) in [6.45, 7) is 3.21. The van der Waals surface area contributed by atoms with E-state index in [1.54, 1.807) is 6.92 Å². The fraction of sp³-hybridized carbons (Fsp3) is 0.909. The molecule has 0 N–H and O–H groups in total. The third kappa shape index (κ3) is 2.30. The van der Waals surface area contributed by atoms with Gasteiger partial charge in [0.05, 0.1) is 19.8 Å². The van der Waals surface area contributed by atoms with Crippen LogP contribution >= 0.6 is 0 Å². The van der Waals surface area contributed by atoms with Crippen LogP contribution in [0.4, 0.5) is 4.79 Å². The zero-order valence-electron chi connectivity index (χ0n) is 9.57. The Morgan fingerprint density at radius 3 is 2.81 bits per heavy atom. The number of carbonyl (C=O) groups is 1. The van der Waals surface area contributed by atoms with Gasteiger partial charge in [0, 0.05) is 6.42 Å². The normalized spacial score (nSPS) is 27.9. The first-order valence-electron chi connectivity index (χ1n) is 5.88. The van der Waals surface area contributed by atoms with Crippen molar-refractivity contribution in [1.29, 1.82) is 0 Å². The standard InChI is InChI=1S/C11H18O5/c1-2-13-10(12)16-9-5-3-4-6-11(9)14-7-8-15-11/h9H,2-8H2,1H3. The smallest absolute Gasteiger partial charge is 0.435 e. The number of carbonyl (C=O) groups excluding carboxylic acids is 1. The lowest BCUT2D eigenvalue weighted by atomic mass is 9.91. The van der Waals surface area contributed by atoms with Gasteiger partial charge in [-0.25, -0.2) is 4.79 Å². The van der Waals surface area contributed by atoms with E-state index in [1.807, 2.05) is 0 Å². The molecule has 5 nitrogen and oxygen atoms in total. The molecular formula is C11H18O5. The van der Waals surface area contributed by atoms with E-state index in [1.165, 1.54) is 0 Å². The van der Waals surface area contributed by atoms with Crippen molar-refractivity contribution in [2.75, 3.05) is 19.8 Å². The molecule has 0 radical (unpaired) electrons. The molecule has 1 spiro atoms. The van der Waals surface area contributed by atoms with Crippen LogP contribution in [-0.4, -0.2) is 37.9 Å². The molecule has 5 heteroatoms. The lowest BCUT2D eigenvalue weighted by molar-refractivity contribution is -0.238. The highest BCUT2D eigenvalue weighted by atomic mass is 16.8. The summed E-state index contributed by atoms with van der Waals surface area (Å²) in [5.74, 6) is -0.703. The van der Waals surface area contributed by atoms with Crippen LogP contribution in [0.25, 0.3) is 0 Å². The first kappa shape index (κ1) is 11.7. The van der Waals surface area contributed by atoms with Crippen molar-refractivity contribution in [3.8, 4) is 0 Å². The summed E-state index contributed by atoms with van der Waals surface area (Å²) in [6, 6.07) is 0. The second-order valence-corrected chi connectivity index (χ2v) is 4.04. The zero-order valence-corrected chi connectivity index (χ0v) is 9.57. The molecule has 1 unspecified atom stereocenters. The van der Waals surface area contributed by atoms with Crippen LogP contribution < -0.4 is 0 Å². The summed E-state index contributed by atoms with van der Waals surface area (Å²) < 4.78 is 21.3. The average Bonchev–Trinajstić information content (AvgIpc) is 2.72. The van der Waals surface area contributed by atoms with Crippen molar-refractivity contribution in [2.24, 2.45) is 0 Å². The number of ether oxygens (including phenoxy) is 4. The summed E-state index contributed by atoms with van der Waals surface area (Å²) in [5, 5.41) is 0. The van der Waals surface area contributed by atoms with Crippen LogP contribution in [0.2, 0.25) is 0 Å². The van der Waals surface area contributed by atoms with Gasteiger partial charge in [0.1, 0.15) is 0 Å². The Kier molecular flexibility index (Phi) is 3.66. The van der Waals surface area contributed by atoms with Gasteiger partial charge in [-0.15, -0.1) is 0 Å². The SMILES string of the molecule is CCOC(=O)OC1CCCCC12OCCO2. The first-order valence-corrected chi connectivity index (χ1v) is 5.88. The highest BCUT2D eigenvalue weighted by Crippen LogP contribution is 2.37. The molecule has 0 aromatic carbocycles. The monoisotopic (exact) mass is 230 g/mol. The second kappa shape index (κ2) is 5.01. The minimum absolute atomic E-state index is 0.320. The molecule has 0 aromatic heterocycles. The topological polar surface area (TPSA) is 54.0 Å². The predicted octanol–water partition coefficient (Wildman–Crippen LogP) is 1.85. The molecule has 1 saturated heterocycles. The summed E-state index contributed by atoms with van der Waals surface area (Å²) in [4.78, 5) is 11.3. The van der Waals surface area contributed by atoms with Crippen LogP contribution in [0.5, 0.6) is 0 Å². The van der Waals surface area contributed by atoms with Crippen LogP contribution in [0.3, 0.4) is 0 Å². The van der Waals surface area contributed by atoms with Gasteiger partial charge < -0.3 is 18.9 Å². The molecule has 2 aliphatic rings. The van der Waals surface area contributed by atoms with Crippen molar-refractivity contribution in [3.63, 3.8) is 0 Å². The highest BCUT2D eigenvalue weighted by Gasteiger charge is 2.48. The quantitative estimate of drug-likeness (QED) is 0.677. The van der Waals surface area contributed by atoms with E-state index >= 15 is 0 Å². The molecule has 1 heterocycles. The summed E-state index contributed by atoms with van der Waals surface area (Å²) in [7, 11) is 0. The van der Waals surface area contributed by atoms with Gasteiger partial charge >= 0.3 is 6.16 Å². The van der Waals surface area contributed by atoms with E-state index in [0.717, 1.165) is 25.7 Å². The van der Waals surface area contributed by atoms with Gasteiger partial charge in [0.2, 0.25) is 5.79 Å². The van der Waals surface area contributed by atoms with Gasteiger partial charge in [0.15, 0.2) is 6.10 Å². The number of rotatable bonds is 2. The van der Waals surface area contributed by atoms with Crippen molar-refractivity contribution >= 4 is 6.16 Å². The van der Waals surface area contributed by atoms with E-state index < -0.39 is 11.9 Å². The van der Waals surface area contributed by atoms with Gasteiger partial charge in [-0.3, -0.25) is 0 Å². The summed E-state index contributed by atoms with van der Waals surface area (Å²) >= 11 is 0. The number of hydrogen-bond donors (Lipinski definition) is 0. The molecule has 2 rings (SSSR count). The maximum Gasteiger partial charge on any atom is 0.508 e. The molecule has 1 aliphatic heterocycles. The van der Waals surface area contributed by atoms with E-state index in [-0.39, 0.29) is 6.10 Å². The van der Waals surface area contributed by atoms with Crippen LogP contribution in [-0.2, 0) is 18.9 Å². The van der Waals surface area contributed by atoms with Crippen molar-refractivity contribution in [3.05, 3.63) is 0 Å². The molecular weight excluding hydrogens is 212 g/mol. The lowest BCUT2D eigenvalue weighted by Gasteiger charge is -2.37. The predicted molar refractivity (Wildman–Crippen MR) is 55.0 cm³/mol. The van der Waals surface area contributed by atoms with Crippen molar-refractivity contribution in [2.45, 2.75) is 44.5 Å². The Morgan fingerprint density at radius 2 is 2.12 bits per heavy atom. The molecule has 0 bridgehead atoms. The summed E-state index contributed by atoms with van der Waals surface area (Å²) in [6.07, 6.45) is 2.67. The zero-order chi connectivity index (χ0) is 11.4. The molecule has 0 amide bonds. The Bertz CT molecular complexity index is 247. The maximum absolute atomic E-state index is 11.3. The average molecular weight is 230 g/mol. The molecule has 1 atom stereocenters. The Morgan fingerprint density at radius 1 is 1.38 bits per heavy atom. The van der Waals surface area contributed by atoms with E-state index in [4.69, 9.17) is 18.9 Å². The van der Waals surface area contributed by atoms with E-state index in [9.17, 15) is 4.79 Å². The van der Waals surface area contributed by atoms with E-state index in [2.05, 4.69) is 0 Å². The number of hydrogen-bond acceptors (Lipinski definition) is 5. The third-order valence-electron chi connectivity index (χ3n) is 3.01. The molecule has 2 fully saturated rings. The molecule has 16 heavy (non-hydrogen) atoms. The fourth-order valence-corrected chi connectivity index (χ4v) is 2.30. The second-order valence-electron chi connectivity index (χ2n) is 4.04. The molecule has 1 aliphatic carbocycles. The van der Waals surface area contributed by atoms with Gasteiger partial charge in [-0.2, -0.15) is 0 Å². The minimum atomic E-state index is -0.703. The van der Waals surface area contributed by atoms with Crippen LogP contribution in [0, 0.1) is 0 Å². The Labute approximate surface area is 95.0 Å². The van der Waals surface area contributed by atoms with Crippen molar-refractivity contribution < 1.29 is 23.7 Å². The lowest BCUT2D eigenvalue weighted by Crippen LogP contribution is -2.48. The van der Waals surface area contributed by atoms with Gasteiger partial charge in [-0.05, 0) is 26.2 Å². The molecule has 92 valence electrons. The molecule has 0 aromatic rings. The molecule has 1 saturated carbocycles. The maximum atomic E-state index is 11.3. The summed E-state index contributed by atoms with van der Waals surface area (Å²) in [5.41, 5.74) is 0. The Balaban J connectivity index is 1.96. The van der Waals surface area contributed by atoms with Crippen molar-refractivity contribution in [1.82, 2.24) is 0 Å². The van der Waals surface area contributed by atoms with Gasteiger partial charge in [0.25, 0.3) is 0 Å². The first-order chi connectivity index (χ1) is 7.77. The highest BCUT2D eigenvalue weighted by molar-refractivity contribution is 5.60. The Hall–Kier alpha value is -0.810. The largest absolute Gasteiger partial charge is 0.508 e. The third-order valence-corrected chi connectivity index (χ3v) is 3.01. The van der Waals surface area contributed by atoms with Crippen LogP contribution in [0.15, 0.2) is 0 Å². The fourth-order valence-electron chi connectivity index (χ4n) is 2.30.